The van der Waals surface area contributed by atoms with Crippen molar-refractivity contribution < 1.29 is 14.7 Å². The van der Waals surface area contributed by atoms with Crippen molar-refractivity contribution in [2.75, 3.05) is 6.54 Å². The Morgan fingerprint density at radius 2 is 2.06 bits per heavy atom. The number of rotatable bonds is 4. The van der Waals surface area contributed by atoms with Crippen molar-refractivity contribution in [3.8, 4) is 0 Å². The van der Waals surface area contributed by atoms with Crippen LogP contribution in [0.5, 0.6) is 0 Å². The second-order valence-electron chi connectivity index (χ2n) is 6.35. The van der Waals surface area contributed by atoms with Crippen LogP contribution in [-0.2, 0) is 9.59 Å². The van der Waals surface area contributed by atoms with Gasteiger partial charge in [0.05, 0.1) is 12.0 Å². The Balaban J connectivity index is 2.71. The third kappa shape index (κ3) is 3.70. The van der Waals surface area contributed by atoms with E-state index in [4.69, 9.17) is 5.11 Å². The van der Waals surface area contributed by atoms with Gasteiger partial charge in [-0.15, -0.1) is 0 Å². The zero-order chi connectivity index (χ0) is 14.0. The number of hydrogen-bond acceptors (Lipinski definition) is 3. The molecule has 1 amide bonds. The van der Waals surface area contributed by atoms with E-state index < -0.39 is 11.5 Å². The first-order valence-electron chi connectivity index (χ1n) is 6.43. The van der Waals surface area contributed by atoms with E-state index in [9.17, 15) is 9.59 Å². The molecule has 104 valence electrons. The molecule has 0 radical (unpaired) electrons. The summed E-state index contributed by atoms with van der Waals surface area (Å²) in [5, 5.41) is 15.0. The molecule has 1 saturated heterocycles. The molecule has 5 heteroatoms. The van der Waals surface area contributed by atoms with Crippen LogP contribution in [-0.4, -0.2) is 35.1 Å². The number of carboxylic acid groups (broad SMARTS) is 1. The van der Waals surface area contributed by atoms with Gasteiger partial charge in [-0.2, -0.15) is 0 Å². The van der Waals surface area contributed by atoms with Gasteiger partial charge >= 0.3 is 5.97 Å². The van der Waals surface area contributed by atoms with Gasteiger partial charge in [-0.3, -0.25) is 9.59 Å². The van der Waals surface area contributed by atoms with Crippen molar-refractivity contribution in [2.45, 2.75) is 58.5 Å². The van der Waals surface area contributed by atoms with Crippen molar-refractivity contribution in [2.24, 2.45) is 5.41 Å². The van der Waals surface area contributed by atoms with Crippen LogP contribution in [0, 0.1) is 5.41 Å². The minimum Gasteiger partial charge on any atom is -0.481 e. The first-order chi connectivity index (χ1) is 8.15. The maximum Gasteiger partial charge on any atom is 0.305 e. The lowest BCUT2D eigenvalue weighted by Gasteiger charge is -2.33. The van der Waals surface area contributed by atoms with Crippen LogP contribution in [0.15, 0.2) is 0 Å². The Bertz CT molecular complexity index is 328. The molecular weight excluding hydrogens is 232 g/mol. The summed E-state index contributed by atoms with van der Waals surface area (Å²) in [5.74, 6) is -0.985. The van der Waals surface area contributed by atoms with Crippen LogP contribution >= 0.6 is 0 Å². The highest BCUT2D eigenvalue weighted by Gasteiger charge is 2.39. The molecule has 1 fully saturated rings. The van der Waals surface area contributed by atoms with Gasteiger partial charge in [-0.25, -0.2) is 0 Å². The first-order valence-corrected chi connectivity index (χ1v) is 6.43. The Labute approximate surface area is 108 Å². The molecule has 0 aromatic rings. The van der Waals surface area contributed by atoms with Crippen LogP contribution in [0.1, 0.15) is 47.0 Å². The Morgan fingerprint density at radius 1 is 1.44 bits per heavy atom. The average Bonchev–Trinajstić information content (AvgIpc) is 2.63. The molecule has 5 nitrogen and oxygen atoms in total. The fourth-order valence-corrected chi connectivity index (χ4v) is 2.15. The van der Waals surface area contributed by atoms with Crippen LogP contribution in [0.3, 0.4) is 0 Å². The number of carboxylic acids is 1. The normalized spacial score (nSPS) is 25.8. The SMILES string of the molecule is CC1(C(=O)NC(CC(=O)O)C(C)(C)C)CCCN1. The molecule has 1 heterocycles. The Kier molecular flexibility index (Phi) is 4.37. The second kappa shape index (κ2) is 5.26. The van der Waals surface area contributed by atoms with Crippen molar-refractivity contribution in [3.05, 3.63) is 0 Å². The van der Waals surface area contributed by atoms with E-state index in [1.165, 1.54) is 0 Å². The summed E-state index contributed by atoms with van der Waals surface area (Å²) >= 11 is 0. The Morgan fingerprint density at radius 3 is 2.44 bits per heavy atom. The van der Waals surface area contributed by atoms with Crippen LogP contribution in [0.25, 0.3) is 0 Å². The molecule has 1 rings (SSSR count). The van der Waals surface area contributed by atoms with Gasteiger partial charge in [-0.1, -0.05) is 20.8 Å². The quantitative estimate of drug-likeness (QED) is 0.704. The zero-order valence-corrected chi connectivity index (χ0v) is 11.7. The molecule has 1 aliphatic heterocycles. The highest BCUT2D eigenvalue weighted by atomic mass is 16.4. The molecule has 2 unspecified atom stereocenters. The van der Waals surface area contributed by atoms with E-state index in [0.29, 0.717) is 0 Å². The lowest BCUT2D eigenvalue weighted by atomic mass is 9.84. The fourth-order valence-electron chi connectivity index (χ4n) is 2.15. The second-order valence-corrected chi connectivity index (χ2v) is 6.35. The van der Waals surface area contributed by atoms with Crippen molar-refractivity contribution in [1.82, 2.24) is 10.6 Å². The number of carbonyl (C=O) groups is 2. The number of hydrogen-bond donors (Lipinski definition) is 3. The topological polar surface area (TPSA) is 78.4 Å². The molecule has 0 saturated carbocycles. The molecule has 18 heavy (non-hydrogen) atoms. The van der Waals surface area contributed by atoms with Gasteiger partial charge in [0, 0.05) is 6.04 Å². The standard InChI is InChI=1S/C13H24N2O3/c1-12(2,3)9(8-10(16)17)15-11(18)13(4)6-5-7-14-13/h9,14H,5-8H2,1-4H3,(H,15,18)(H,16,17). The third-order valence-corrected chi connectivity index (χ3v) is 3.60. The van der Waals surface area contributed by atoms with E-state index in [-0.39, 0.29) is 23.8 Å². The van der Waals surface area contributed by atoms with Gasteiger partial charge in [0.2, 0.25) is 5.91 Å². The maximum atomic E-state index is 12.2. The lowest BCUT2D eigenvalue weighted by Crippen LogP contribution is -2.56. The summed E-state index contributed by atoms with van der Waals surface area (Å²) in [6.07, 6.45) is 1.72. The predicted octanol–water partition coefficient (Wildman–Crippen LogP) is 1.13. The molecule has 0 aliphatic carbocycles. The predicted molar refractivity (Wildman–Crippen MR) is 69.3 cm³/mol. The van der Waals surface area contributed by atoms with Crippen LogP contribution < -0.4 is 10.6 Å². The number of nitrogens with one attached hydrogen (secondary N) is 2. The fraction of sp³-hybridized carbons (Fsp3) is 0.846. The minimum atomic E-state index is -0.889. The smallest absolute Gasteiger partial charge is 0.305 e. The average molecular weight is 256 g/mol. The molecule has 0 bridgehead atoms. The first kappa shape index (κ1) is 15.0. The largest absolute Gasteiger partial charge is 0.481 e. The molecule has 0 aromatic heterocycles. The third-order valence-electron chi connectivity index (χ3n) is 3.60. The number of aliphatic carboxylic acids is 1. The van der Waals surface area contributed by atoms with E-state index in [2.05, 4.69) is 10.6 Å². The van der Waals surface area contributed by atoms with Gasteiger partial charge < -0.3 is 15.7 Å². The van der Waals surface area contributed by atoms with Gasteiger partial charge in [0.1, 0.15) is 0 Å². The molecular formula is C13H24N2O3. The molecule has 3 N–H and O–H groups in total. The van der Waals surface area contributed by atoms with Crippen molar-refractivity contribution in [1.29, 1.82) is 0 Å². The van der Waals surface area contributed by atoms with E-state index in [1.807, 2.05) is 27.7 Å². The summed E-state index contributed by atoms with van der Waals surface area (Å²) in [4.78, 5) is 23.1. The zero-order valence-electron chi connectivity index (χ0n) is 11.7. The highest BCUT2D eigenvalue weighted by molar-refractivity contribution is 5.87. The number of carbonyl (C=O) groups excluding carboxylic acids is 1. The van der Waals surface area contributed by atoms with E-state index in [0.717, 1.165) is 19.4 Å². The van der Waals surface area contributed by atoms with Crippen LogP contribution in [0.4, 0.5) is 0 Å². The van der Waals surface area contributed by atoms with E-state index >= 15 is 0 Å². The minimum absolute atomic E-state index is 0.0503. The van der Waals surface area contributed by atoms with E-state index in [1.54, 1.807) is 0 Å². The molecule has 1 aliphatic rings. The number of amides is 1. The molecule has 0 aromatic carbocycles. The lowest BCUT2D eigenvalue weighted by molar-refractivity contribution is -0.139. The monoisotopic (exact) mass is 256 g/mol. The van der Waals surface area contributed by atoms with Gasteiger partial charge in [0.15, 0.2) is 0 Å². The summed E-state index contributed by atoms with van der Waals surface area (Å²) in [6.45, 7) is 8.51. The van der Waals surface area contributed by atoms with Crippen molar-refractivity contribution >= 4 is 11.9 Å². The summed E-state index contributed by atoms with van der Waals surface area (Å²) in [5.41, 5.74) is -0.828. The summed E-state index contributed by atoms with van der Waals surface area (Å²) in [6, 6.07) is -0.360. The molecule has 2 atom stereocenters. The summed E-state index contributed by atoms with van der Waals surface area (Å²) in [7, 11) is 0. The maximum absolute atomic E-state index is 12.2. The van der Waals surface area contributed by atoms with Gasteiger partial charge in [-0.05, 0) is 31.7 Å². The van der Waals surface area contributed by atoms with Crippen LogP contribution in [0.2, 0.25) is 0 Å². The Hall–Kier alpha value is -1.10. The highest BCUT2D eigenvalue weighted by Crippen LogP contribution is 2.24. The van der Waals surface area contributed by atoms with Gasteiger partial charge in [0.25, 0.3) is 0 Å². The van der Waals surface area contributed by atoms with Crippen molar-refractivity contribution in [3.63, 3.8) is 0 Å². The summed E-state index contributed by atoms with van der Waals surface area (Å²) < 4.78 is 0. The molecule has 0 spiro atoms.